The van der Waals surface area contributed by atoms with Crippen molar-refractivity contribution in [2.75, 3.05) is 25.0 Å². The maximum atomic E-state index is 13.5. The van der Waals surface area contributed by atoms with Crippen molar-refractivity contribution in [3.8, 4) is 0 Å². The van der Waals surface area contributed by atoms with Crippen molar-refractivity contribution < 1.29 is 9.31 Å². The zero-order valence-electron chi connectivity index (χ0n) is 9.28. The predicted octanol–water partition coefficient (Wildman–Crippen LogP) is 1.76. The lowest BCUT2D eigenvalue weighted by Gasteiger charge is -2.11. The van der Waals surface area contributed by atoms with E-state index in [1.807, 2.05) is 0 Å². The van der Waals surface area contributed by atoms with Gasteiger partial charge in [0.15, 0.2) is 5.82 Å². The summed E-state index contributed by atoms with van der Waals surface area (Å²) in [5.41, 5.74) is 0.0954. The first-order valence-electron chi connectivity index (χ1n) is 5.55. The van der Waals surface area contributed by atoms with Gasteiger partial charge in [-0.15, -0.1) is 0 Å². The molecule has 6 heteroatoms. The van der Waals surface area contributed by atoms with E-state index in [-0.39, 0.29) is 5.69 Å². The first-order valence-corrected chi connectivity index (χ1v) is 5.55. The molecule has 0 bridgehead atoms. The van der Waals surface area contributed by atoms with Crippen molar-refractivity contribution in [1.29, 1.82) is 0 Å². The molecule has 5 nitrogen and oxygen atoms in total. The molecule has 17 heavy (non-hydrogen) atoms. The molecule has 0 amide bonds. The van der Waals surface area contributed by atoms with Gasteiger partial charge in [0.1, 0.15) is 0 Å². The van der Waals surface area contributed by atoms with Gasteiger partial charge in [-0.1, -0.05) is 0 Å². The predicted molar refractivity (Wildman–Crippen MR) is 62.5 cm³/mol. The third-order valence-electron chi connectivity index (χ3n) is 2.91. The fraction of sp³-hybridized carbons (Fsp3) is 0.455. The van der Waals surface area contributed by atoms with E-state index in [0.717, 1.165) is 25.6 Å². The lowest BCUT2D eigenvalue weighted by Crippen LogP contribution is -2.17. The molecule has 1 aliphatic rings. The highest BCUT2D eigenvalue weighted by molar-refractivity contribution is 5.50. The topological polar surface area (TPSA) is 67.2 Å². The summed E-state index contributed by atoms with van der Waals surface area (Å²) in [6, 6.07) is 3.66. The van der Waals surface area contributed by atoms with Crippen LogP contribution >= 0.6 is 0 Å². The minimum Gasteiger partial charge on any atom is -0.382 e. The van der Waals surface area contributed by atoms with Gasteiger partial charge in [0.2, 0.25) is 0 Å². The Balaban J connectivity index is 1.98. The van der Waals surface area contributed by atoms with E-state index >= 15 is 0 Å². The molecule has 0 aliphatic carbocycles. The minimum atomic E-state index is -0.603. The molecule has 1 unspecified atom stereocenters. The number of halogens is 1. The van der Waals surface area contributed by atoms with E-state index < -0.39 is 10.7 Å². The second kappa shape index (κ2) is 5.09. The average molecular weight is 239 g/mol. The van der Waals surface area contributed by atoms with E-state index in [2.05, 4.69) is 10.6 Å². The van der Waals surface area contributed by atoms with Gasteiger partial charge in [-0.05, 0) is 31.5 Å². The van der Waals surface area contributed by atoms with Gasteiger partial charge in [-0.25, -0.2) is 4.39 Å². The number of benzene rings is 1. The zero-order chi connectivity index (χ0) is 12.3. The van der Waals surface area contributed by atoms with Crippen LogP contribution in [0.1, 0.15) is 6.42 Å². The quantitative estimate of drug-likeness (QED) is 0.620. The SMILES string of the molecule is O=[N+]([O-])c1ccc(NCC2CCNC2)c(F)c1. The Morgan fingerprint density at radius 2 is 2.41 bits per heavy atom. The highest BCUT2D eigenvalue weighted by Crippen LogP contribution is 2.21. The number of nitrogens with one attached hydrogen (secondary N) is 2. The maximum absolute atomic E-state index is 13.5. The van der Waals surface area contributed by atoms with Crippen LogP contribution in [0.5, 0.6) is 0 Å². The molecule has 0 aromatic heterocycles. The summed E-state index contributed by atoms with van der Waals surface area (Å²) in [7, 11) is 0. The molecule has 1 aliphatic heterocycles. The highest BCUT2D eigenvalue weighted by Gasteiger charge is 2.15. The van der Waals surface area contributed by atoms with Gasteiger partial charge in [-0.2, -0.15) is 0 Å². The summed E-state index contributed by atoms with van der Waals surface area (Å²) < 4.78 is 13.5. The molecule has 0 radical (unpaired) electrons. The largest absolute Gasteiger partial charge is 0.382 e. The van der Waals surface area contributed by atoms with Crippen molar-refractivity contribution in [2.45, 2.75) is 6.42 Å². The van der Waals surface area contributed by atoms with Crippen molar-refractivity contribution in [3.63, 3.8) is 0 Å². The lowest BCUT2D eigenvalue weighted by atomic mass is 10.1. The van der Waals surface area contributed by atoms with Crippen LogP contribution in [0, 0.1) is 21.8 Å². The van der Waals surface area contributed by atoms with Crippen molar-refractivity contribution in [2.24, 2.45) is 5.92 Å². The Morgan fingerprint density at radius 1 is 1.59 bits per heavy atom. The summed E-state index contributed by atoms with van der Waals surface area (Å²) in [5.74, 6) is -0.0882. The molecule has 92 valence electrons. The van der Waals surface area contributed by atoms with Crippen LogP contribution in [-0.4, -0.2) is 24.6 Å². The molecular weight excluding hydrogens is 225 g/mol. The number of nitro groups is 1. The number of non-ortho nitro benzene ring substituents is 1. The second-order valence-electron chi connectivity index (χ2n) is 4.16. The minimum absolute atomic E-state index is 0.226. The molecule has 2 N–H and O–H groups in total. The Bertz CT molecular complexity index is 419. The molecule has 1 fully saturated rings. The number of nitro benzene ring substituents is 1. The van der Waals surface area contributed by atoms with Gasteiger partial charge in [0, 0.05) is 12.6 Å². The van der Waals surface area contributed by atoms with Gasteiger partial charge in [0.25, 0.3) is 5.69 Å². The maximum Gasteiger partial charge on any atom is 0.272 e. The van der Waals surface area contributed by atoms with Crippen molar-refractivity contribution in [3.05, 3.63) is 34.1 Å². The van der Waals surface area contributed by atoms with Gasteiger partial charge >= 0.3 is 0 Å². The van der Waals surface area contributed by atoms with Gasteiger partial charge in [0.05, 0.1) is 16.7 Å². The summed E-state index contributed by atoms with van der Waals surface area (Å²) in [6.07, 6.45) is 1.07. The third-order valence-corrected chi connectivity index (χ3v) is 2.91. The number of rotatable bonds is 4. The number of hydrogen-bond donors (Lipinski definition) is 2. The number of hydrogen-bond acceptors (Lipinski definition) is 4. The number of nitrogens with zero attached hydrogens (tertiary/aromatic N) is 1. The monoisotopic (exact) mass is 239 g/mol. The number of anilines is 1. The zero-order valence-corrected chi connectivity index (χ0v) is 9.28. The van der Waals surface area contributed by atoms with Crippen molar-refractivity contribution in [1.82, 2.24) is 5.32 Å². The van der Waals surface area contributed by atoms with E-state index in [1.165, 1.54) is 12.1 Å². The standard InChI is InChI=1S/C11H14FN3O2/c12-10-5-9(15(16)17)1-2-11(10)14-7-8-3-4-13-6-8/h1-2,5,8,13-14H,3-4,6-7H2. The molecule has 1 saturated heterocycles. The Morgan fingerprint density at radius 3 is 3.00 bits per heavy atom. The van der Waals surface area contributed by atoms with Crippen LogP contribution in [0.2, 0.25) is 0 Å². The first-order chi connectivity index (χ1) is 8.16. The molecule has 2 rings (SSSR count). The van der Waals surface area contributed by atoms with E-state index in [9.17, 15) is 14.5 Å². The van der Waals surface area contributed by atoms with Crippen LogP contribution in [-0.2, 0) is 0 Å². The molecule has 1 aromatic rings. The van der Waals surface area contributed by atoms with Crippen LogP contribution in [0.3, 0.4) is 0 Å². The average Bonchev–Trinajstić information content (AvgIpc) is 2.80. The van der Waals surface area contributed by atoms with Crippen LogP contribution in [0.25, 0.3) is 0 Å². The summed E-state index contributed by atoms with van der Waals surface area (Å²) in [6.45, 7) is 2.61. The van der Waals surface area contributed by atoms with Crippen LogP contribution in [0.15, 0.2) is 18.2 Å². The molecule has 0 spiro atoms. The fourth-order valence-electron chi connectivity index (χ4n) is 1.90. The summed E-state index contributed by atoms with van der Waals surface area (Å²) in [4.78, 5) is 9.84. The van der Waals surface area contributed by atoms with Crippen molar-refractivity contribution >= 4 is 11.4 Å². The van der Waals surface area contributed by atoms with E-state index in [1.54, 1.807) is 0 Å². The Kier molecular flexibility index (Phi) is 3.53. The normalized spacial score (nSPS) is 19.2. The Hall–Kier alpha value is -1.69. The third kappa shape index (κ3) is 2.91. The molecule has 1 aromatic carbocycles. The smallest absolute Gasteiger partial charge is 0.272 e. The van der Waals surface area contributed by atoms with E-state index in [0.29, 0.717) is 18.2 Å². The Labute approximate surface area is 98.2 Å². The van der Waals surface area contributed by atoms with E-state index in [4.69, 9.17) is 0 Å². The fourth-order valence-corrected chi connectivity index (χ4v) is 1.90. The molecule has 1 heterocycles. The highest BCUT2D eigenvalue weighted by atomic mass is 19.1. The second-order valence-corrected chi connectivity index (χ2v) is 4.16. The van der Waals surface area contributed by atoms with Gasteiger partial charge in [-0.3, -0.25) is 10.1 Å². The lowest BCUT2D eigenvalue weighted by molar-refractivity contribution is -0.385. The molecule has 1 atom stereocenters. The first kappa shape index (κ1) is 11.8. The van der Waals surface area contributed by atoms with Crippen LogP contribution < -0.4 is 10.6 Å². The summed E-state index contributed by atoms with van der Waals surface area (Å²) >= 11 is 0. The molecule has 0 saturated carbocycles. The van der Waals surface area contributed by atoms with Crippen LogP contribution in [0.4, 0.5) is 15.8 Å². The summed E-state index contributed by atoms with van der Waals surface area (Å²) in [5, 5.41) is 16.6. The molecular formula is C11H14FN3O2. The van der Waals surface area contributed by atoms with Gasteiger partial charge < -0.3 is 10.6 Å².